The second kappa shape index (κ2) is 8.49. The van der Waals surface area contributed by atoms with Crippen LogP contribution in [0.5, 0.6) is 11.6 Å². The number of rotatable bonds is 8. The minimum atomic E-state index is -3.34. The van der Waals surface area contributed by atoms with Crippen molar-refractivity contribution in [2.45, 2.75) is 37.3 Å². The maximum Gasteiger partial charge on any atom is 0.252 e. The van der Waals surface area contributed by atoms with E-state index in [1.165, 1.54) is 19.2 Å². The minimum absolute atomic E-state index is 0.157. The molecular formula is C19H24N2O5S. The summed E-state index contributed by atoms with van der Waals surface area (Å²) < 4.78 is 34.5. The van der Waals surface area contributed by atoms with Gasteiger partial charge in [-0.05, 0) is 37.6 Å². The second-order valence-corrected chi connectivity index (χ2v) is 8.30. The van der Waals surface area contributed by atoms with Gasteiger partial charge >= 0.3 is 0 Å². The van der Waals surface area contributed by atoms with E-state index < -0.39 is 15.4 Å². The quantitative estimate of drug-likeness (QED) is 0.742. The highest BCUT2D eigenvalue weighted by molar-refractivity contribution is 7.90. The maximum atomic E-state index is 12.4. The van der Waals surface area contributed by atoms with Crippen LogP contribution < -0.4 is 10.1 Å². The van der Waals surface area contributed by atoms with E-state index in [0.29, 0.717) is 23.6 Å². The lowest BCUT2D eigenvalue weighted by Gasteiger charge is -2.25. The lowest BCUT2D eigenvalue weighted by molar-refractivity contribution is -0.142. The van der Waals surface area contributed by atoms with E-state index >= 15 is 0 Å². The van der Waals surface area contributed by atoms with Crippen molar-refractivity contribution >= 4 is 15.7 Å². The molecule has 0 radical (unpaired) electrons. The van der Waals surface area contributed by atoms with Crippen molar-refractivity contribution in [3.8, 4) is 11.6 Å². The smallest absolute Gasteiger partial charge is 0.252 e. The number of methoxy groups -OCH3 is 1. The number of carbonyl (C=O) groups excluding carboxylic acids is 1. The first kappa shape index (κ1) is 20.9. The zero-order valence-electron chi connectivity index (χ0n) is 15.9. The Morgan fingerprint density at radius 2 is 2.00 bits per heavy atom. The number of sulfone groups is 1. The van der Waals surface area contributed by atoms with Crippen LogP contribution in [0.25, 0.3) is 0 Å². The molecule has 0 saturated carbocycles. The minimum Gasteiger partial charge on any atom is -0.439 e. The number of pyridine rings is 1. The van der Waals surface area contributed by atoms with Crippen LogP contribution in [-0.4, -0.2) is 38.3 Å². The number of amides is 1. The molecule has 0 spiro atoms. The van der Waals surface area contributed by atoms with Gasteiger partial charge in [0.25, 0.3) is 5.91 Å². The van der Waals surface area contributed by atoms with Gasteiger partial charge in [-0.25, -0.2) is 13.4 Å². The van der Waals surface area contributed by atoms with Crippen LogP contribution in [0, 0.1) is 0 Å². The van der Waals surface area contributed by atoms with Gasteiger partial charge in [0.1, 0.15) is 11.4 Å². The molecule has 0 fully saturated rings. The SMILES string of the molecule is CCC(C)(OC)C(=O)NCc1cccnc1Oc1cccc(S(C)(=O)=O)c1. The highest BCUT2D eigenvalue weighted by Crippen LogP contribution is 2.25. The van der Waals surface area contributed by atoms with E-state index in [4.69, 9.17) is 9.47 Å². The van der Waals surface area contributed by atoms with E-state index in [2.05, 4.69) is 10.3 Å². The average Bonchev–Trinajstić information content (AvgIpc) is 2.66. The molecule has 1 atom stereocenters. The Morgan fingerprint density at radius 1 is 1.26 bits per heavy atom. The van der Waals surface area contributed by atoms with Crippen LogP contribution in [0.15, 0.2) is 47.5 Å². The number of nitrogens with zero attached hydrogens (tertiary/aromatic N) is 1. The monoisotopic (exact) mass is 392 g/mol. The summed E-state index contributed by atoms with van der Waals surface area (Å²) in [7, 11) is -1.85. The lowest BCUT2D eigenvalue weighted by atomic mass is 10.0. The largest absolute Gasteiger partial charge is 0.439 e. The molecule has 7 nitrogen and oxygen atoms in total. The molecule has 146 valence electrons. The first-order chi connectivity index (χ1) is 12.7. The Labute approximate surface area is 159 Å². The topological polar surface area (TPSA) is 94.6 Å². The summed E-state index contributed by atoms with van der Waals surface area (Å²) in [6.07, 6.45) is 3.23. The molecule has 8 heteroatoms. The van der Waals surface area contributed by atoms with Gasteiger partial charge in [0.2, 0.25) is 5.88 Å². The lowest BCUT2D eigenvalue weighted by Crippen LogP contribution is -2.45. The van der Waals surface area contributed by atoms with Gasteiger partial charge in [0.15, 0.2) is 9.84 Å². The van der Waals surface area contributed by atoms with Gasteiger partial charge in [0.05, 0.1) is 4.90 Å². The molecule has 0 aliphatic carbocycles. The van der Waals surface area contributed by atoms with E-state index in [9.17, 15) is 13.2 Å². The summed E-state index contributed by atoms with van der Waals surface area (Å²) in [6.45, 7) is 3.79. The van der Waals surface area contributed by atoms with Crippen molar-refractivity contribution in [3.05, 3.63) is 48.2 Å². The summed E-state index contributed by atoms with van der Waals surface area (Å²) in [5.74, 6) is 0.403. The van der Waals surface area contributed by atoms with Crippen molar-refractivity contribution in [2.24, 2.45) is 0 Å². The molecule has 2 rings (SSSR count). The number of benzene rings is 1. The molecule has 0 bridgehead atoms. The zero-order valence-corrected chi connectivity index (χ0v) is 16.7. The highest BCUT2D eigenvalue weighted by atomic mass is 32.2. The fraction of sp³-hybridized carbons (Fsp3) is 0.368. The molecule has 0 aliphatic heterocycles. The molecule has 1 N–H and O–H groups in total. The normalized spacial score (nSPS) is 13.6. The molecule has 1 aromatic carbocycles. The van der Waals surface area contributed by atoms with E-state index in [1.807, 2.05) is 6.92 Å². The Kier molecular flexibility index (Phi) is 6.56. The Balaban J connectivity index is 2.18. The Bertz CT molecular complexity index is 908. The molecule has 1 unspecified atom stereocenters. The standard InChI is InChI=1S/C19H24N2O5S/c1-5-19(2,25-3)18(22)21-13-14-8-7-11-20-17(14)26-15-9-6-10-16(12-15)27(4,23)24/h6-12H,5,13H2,1-4H3,(H,21,22). The molecule has 0 saturated heterocycles. The third kappa shape index (κ3) is 5.27. The van der Waals surface area contributed by atoms with Crippen molar-refractivity contribution in [3.63, 3.8) is 0 Å². The van der Waals surface area contributed by atoms with Crippen LogP contribution in [0.2, 0.25) is 0 Å². The molecule has 2 aromatic rings. The fourth-order valence-electron chi connectivity index (χ4n) is 2.29. The van der Waals surface area contributed by atoms with Gasteiger partial charge in [-0.3, -0.25) is 4.79 Å². The van der Waals surface area contributed by atoms with Crippen molar-refractivity contribution in [1.82, 2.24) is 10.3 Å². The summed E-state index contributed by atoms with van der Waals surface area (Å²) >= 11 is 0. The zero-order chi connectivity index (χ0) is 20.1. The van der Waals surface area contributed by atoms with Gasteiger partial charge < -0.3 is 14.8 Å². The molecule has 1 amide bonds. The summed E-state index contributed by atoms with van der Waals surface area (Å²) in [5, 5.41) is 2.82. The highest BCUT2D eigenvalue weighted by Gasteiger charge is 2.30. The molecule has 1 heterocycles. The van der Waals surface area contributed by atoms with Crippen LogP contribution in [0.3, 0.4) is 0 Å². The summed E-state index contributed by atoms with van der Waals surface area (Å²) in [5.41, 5.74) is -0.252. The van der Waals surface area contributed by atoms with Crippen molar-refractivity contribution in [2.75, 3.05) is 13.4 Å². The van der Waals surface area contributed by atoms with Gasteiger partial charge in [0, 0.05) is 31.7 Å². The number of hydrogen-bond acceptors (Lipinski definition) is 6. The average molecular weight is 392 g/mol. The number of hydrogen-bond donors (Lipinski definition) is 1. The third-order valence-corrected chi connectivity index (χ3v) is 5.45. The molecule has 1 aromatic heterocycles. The van der Waals surface area contributed by atoms with Gasteiger partial charge in [-0.15, -0.1) is 0 Å². The maximum absolute atomic E-state index is 12.4. The van der Waals surface area contributed by atoms with Gasteiger partial charge in [-0.2, -0.15) is 0 Å². The van der Waals surface area contributed by atoms with Crippen LogP contribution in [0.1, 0.15) is 25.8 Å². The Morgan fingerprint density at radius 3 is 2.63 bits per heavy atom. The van der Waals surface area contributed by atoms with Crippen LogP contribution in [-0.2, 0) is 25.9 Å². The predicted molar refractivity (Wildman–Crippen MR) is 101 cm³/mol. The number of carbonyl (C=O) groups is 1. The Hall–Kier alpha value is -2.45. The third-order valence-electron chi connectivity index (χ3n) is 4.34. The molecule has 27 heavy (non-hydrogen) atoms. The fourth-order valence-corrected chi connectivity index (χ4v) is 2.95. The molecule has 0 aliphatic rings. The summed E-state index contributed by atoms with van der Waals surface area (Å²) in [6, 6.07) is 9.69. The first-order valence-corrected chi connectivity index (χ1v) is 10.3. The first-order valence-electron chi connectivity index (χ1n) is 8.45. The number of nitrogens with one attached hydrogen (secondary N) is 1. The van der Waals surface area contributed by atoms with Crippen LogP contribution in [0.4, 0.5) is 0 Å². The van der Waals surface area contributed by atoms with Crippen molar-refractivity contribution in [1.29, 1.82) is 0 Å². The summed E-state index contributed by atoms with van der Waals surface area (Å²) in [4.78, 5) is 16.7. The van der Waals surface area contributed by atoms with E-state index in [0.717, 1.165) is 6.26 Å². The van der Waals surface area contributed by atoms with Crippen LogP contribution >= 0.6 is 0 Å². The molecular weight excluding hydrogens is 368 g/mol. The van der Waals surface area contributed by atoms with Crippen molar-refractivity contribution < 1.29 is 22.7 Å². The second-order valence-electron chi connectivity index (χ2n) is 6.29. The van der Waals surface area contributed by atoms with E-state index in [-0.39, 0.29) is 17.3 Å². The number of ether oxygens (including phenoxy) is 2. The predicted octanol–water partition coefficient (Wildman–Crippen LogP) is 2.71. The van der Waals surface area contributed by atoms with Gasteiger partial charge in [-0.1, -0.05) is 19.1 Å². The number of aromatic nitrogens is 1. The van der Waals surface area contributed by atoms with E-state index in [1.54, 1.807) is 37.4 Å².